The fourth-order valence-corrected chi connectivity index (χ4v) is 3.41. The number of alkyl halides is 3. The Morgan fingerprint density at radius 1 is 1.32 bits per heavy atom. The topological polar surface area (TPSA) is 140 Å². The number of rotatable bonds is 9. The molecule has 198 valence electrons. The Morgan fingerprint density at radius 3 is 2.62 bits per heavy atom. The van der Waals surface area contributed by atoms with Crippen molar-refractivity contribution < 1.29 is 32.6 Å². The molecule has 1 aliphatic carbocycles. The molecule has 0 saturated carbocycles. The van der Waals surface area contributed by atoms with Crippen LogP contribution in [-0.4, -0.2) is 59.9 Å². The maximum atomic E-state index is 12.6. The number of hydrogen-bond donors (Lipinski definition) is 4. The van der Waals surface area contributed by atoms with Crippen LogP contribution in [0.15, 0.2) is 37.1 Å². The number of amides is 1. The fourth-order valence-electron chi connectivity index (χ4n) is 3.41. The van der Waals surface area contributed by atoms with Crippen molar-refractivity contribution in [1.82, 2.24) is 15.3 Å². The monoisotopic (exact) mass is 519 g/mol. The van der Waals surface area contributed by atoms with Crippen molar-refractivity contribution in [3.63, 3.8) is 0 Å². The molecule has 1 amide bonds. The third kappa shape index (κ3) is 9.21. The van der Waals surface area contributed by atoms with E-state index in [0.717, 1.165) is 48.2 Å². The maximum Gasteiger partial charge on any atom is 0.490 e. The third-order valence-electron chi connectivity index (χ3n) is 5.29. The normalized spacial score (nSPS) is 13.0. The maximum absolute atomic E-state index is 12.6. The number of aliphatic carboxylic acids is 1. The number of nitriles is 1. The number of imidazole rings is 1. The molecular weight excluding hydrogens is 491 g/mol. The van der Waals surface area contributed by atoms with Crippen LogP contribution < -0.4 is 10.6 Å². The number of ether oxygens (including phenoxy) is 1. The number of carboxylic acids is 1. The number of carbonyl (C=O) groups is 2. The van der Waals surface area contributed by atoms with Crippen LogP contribution in [-0.2, 0) is 9.53 Å². The van der Waals surface area contributed by atoms with Gasteiger partial charge in [-0.3, -0.25) is 4.79 Å². The van der Waals surface area contributed by atoms with Gasteiger partial charge in [-0.15, -0.1) is 0 Å². The Hall–Kier alpha value is -3.95. The average Bonchev–Trinajstić information content (AvgIpc) is 3.37. The van der Waals surface area contributed by atoms with Gasteiger partial charge >= 0.3 is 12.1 Å². The predicted molar refractivity (Wildman–Crippen MR) is 132 cm³/mol. The van der Waals surface area contributed by atoms with E-state index < -0.39 is 12.1 Å². The minimum Gasteiger partial charge on any atom is -0.475 e. The Kier molecular flexibility index (Phi) is 11.0. The minimum absolute atomic E-state index is 0.117. The second kappa shape index (κ2) is 14.0. The van der Waals surface area contributed by atoms with Crippen molar-refractivity contribution in [2.75, 3.05) is 32.1 Å². The van der Waals surface area contributed by atoms with Gasteiger partial charge in [0.2, 0.25) is 0 Å². The Bertz CT molecular complexity index is 1180. The number of aromatic amines is 1. The fraction of sp³-hybridized carbons (Fsp3) is 0.360. The Labute approximate surface area is 212 Å². The average molecular weight is 520 g/mol. The predicted octanol–water partition coefficient (Wildman–Crippen LogP) is 4.37. The van der Waals surface area contributed by atoms with Crippen LogP contribution in [0.1, 0.15) is 53.1 Å². The highest BCUT2D eigenvalue weighted by Crippen LogP contribution is 2.33. The Morgan fingerprint density at radius 2 is 2.05 bits per heavy atom. The number of methoxy groups -OCH3 is 1. The molecule has 9 nitrogen and oxygen atoms in total. The van der Waals surface area contributed by atoms with Gasteiger partial charge < -0.3 is 25.5 Å². The number of aromatic nitrogens is 2. The lowest BCUT2D eigenvalue weighted by Crippen LogP contribution is -2.21. The molecule has 0 atom stereocenters. The van der Waals surface area contributed by atoms with Gasteiger partial charge in [0, 0.05) is 31.5 Å². The summed E-state index contributed by atoms with van der Waals surface area (Å²) in [6.45, 7) is 6.28. The van der Waals surface area contributed by atoms with Gasteiger partial charge in [-0.2, -0.15) is 18.4 Å². The summed E-state index contributed by atoms with van der Waals surface area (Å²) in [5, 5.41) is 22.3. The van der Waals surface area contributed by atoms with Crippen molar-refractivity contribution in [3.05, 3.63) is 59.7 Å². The number of nitrogens with zero attached hydrogens (tertiary/aromatic N) is 2. The van der Waals surface area contributed by atoms with E-state index in [1.807, 2.05) is 18.2 Å². The number of hydrogen-bond acceptors (Lipinski definition) is 6. The molecule has 1 aromatic carbocycles. The zero-order valence-corrected chi connectivity index (χ0v) is 20.2. The number of anilines is 1. The van der Waals surface area contributed by atoms with Gasteiger partial charge in [0.15, 0.2) is 5.82 Å². The van der Waals surface area contributed by atoms with Gasteiger partial charge in [-0.1, -0.05) is 18.7 Å². The Balaban J connectivity index is 0.000000604. The highest BCUT2D eigenvalue weighted by molar-refractivity contribution is 6.03. The molecule has 1 aromatic heterocycles. The quantitative estimate of drug-likeness (QED) is 0.361. The van der Waals surface area contributed by atoms with E-state index in [1.54, 1.807) is 7.11 Å². The summed E-state index contributed by atoms with van der Waals surface area (Å²) < 4.78 is 36.8. The first-order valence-corrected chi connectivity index (χ1v) is 11.3. The number of allylic oxidation sites excluding steroid dienone is 2. The number of nitrogens with one attached hydrogen (secondary N) is 3. The van der Waals surface area contributed by atoms with Gasteiger partial charge in [0.25, 0.3) is 5.91 Å². The van der Waals surface area contributed by atoms with Crippen molar-refractivity contribution in [1.29, 1.82) is 5.26 Å². The minimum atomic E-state index is -5.08. The standard InChI is InChI=1S/C23H27N5O2.C2HF3O2/c1-16(14-25-10-11-30-2)18-8-9-21(20(12-18)17-6-4-3-5-7-17)28-23(29)22-26-15-19(13-24)27-22;3-2(4,5)1(6)7/h6,8-9,12,15,25H,1,3-5,7,10-11,14H2,2H3,(H,26,27)(H,28,29);(H,6,7). The molecule has 0 bridgehead atoms. The number of H-pyrrole nitrogens is 1. The molecule has 1 aliphatic rings. The van der Waals surface area contributed by atoms with E-state index in [2.05, 4.69) is 39.3 Å². The lowest BCUT2D eigenvalue weighted by molar-refractivity contribution is -0.192. The third-order valence-corrected chi connectivity index (χ3v) is 5.29. The molecule has 0 spiro atoms. The SMILES string of the molecule is C=C(CNCCOC)c1ccc(NC(=O)c2ncc(C#N)[nH]2)c(C2=CCCCC2)c1.O=C(O)C(F)(F)F. The summed E-state index contributed by atoms with van der Waals surface area (Å²) in [5.41, 5.74) is 5.23. The van der Waals surface area contributed by atoms with E-state index in [-0.39, 0.29) is 17.4 Å². The van der Waals surface area contributed by atoms with Gasteiger partial charge in [0.1, 0.15) is 11.8 Å². The van der Waals surface area contributed by atoms with E-state index in [0.29, 0.717) is 13.2 Å². The number of benzene rings is 1. The number of carboxylic acid groups (broad SMARTS) is 1. The summed E-state index contributed by atoms with van der Waals surface area (Å²) in [7, 11) is 1.68. The van der Waals surface area contributed by atoms with Gasteiger partial charge in [0.05, 0.1) is 12.8 Å². The molecule has 1 heterocycles. The molecule has 0 aliphatic heterocycles. The first-order valence-electron chi connectivity index (χ1n) is 11.3. The summed E-state index contributed by atoms with van der Waals surface area (Å²) in [4.78, 5) is 28.2. The van der Waals surface area contributed by atoms with Crippen LogP contribution in [0.3, 0.4) is 0 Å². The summed E-state index contributed by atoms with van der Waals surface area (Å²) in [5.74, 6) is -3.01. The first kappa shape index (κ1) is 29.3. The van der Waals surface area contributed by atoms with Crippen molar-refractivity contribution in [2.24, 2.45) is 0 Å². The van der Waals surface area contributed by atoms with Crippen LogP contribution in [0.5, 0.6) is 0 Å². The zero-order valence-electron chi connectivity index (χ0n) is 20.2. The van der Waals surface area contributed by atoms with Gasteiger partial charge in [-0.05, 0) is 54.5 Å². The lowest BCUT2D eigenvalue weighted by atomic mass is 9.90. The first-order chi connectivity index (χ1) is 17.6. The lowest BCUT2D eigenvalue weighted by Gasteiger charge is -2.19. The van der Waals surface area contributed by atoms with E-state index >= 15 is 0 Å². The summed E-state index contributed by atoms with van der Waals surface area (Å²) in [6, 6.07) is 7.91. The van der Waals surface area contributed by atoms with Crippen molar-refractivity contribution in [2.45, 2.75) is 31.9 Å². The zero-order chi connectivity index (χ0) is 27.4. The van der Waals surface area contributed by atoms with Crippen LogP contribution in [0.4, 0.5) is 18.9 Å². The number of halogens is 3. The second-order valence-corrected chi connectivity index (χ2v) is 8.02. The van der Waals surface area contributed by atoms with Crippen LogP contribution in [0, 0.1) is 11.3 Å². The van der Waals surface area contributed by atoms with E-state index in [1.165, 1.54) is 18.2 Å². The van der Waals surface area contributed by atoms with Gasteiger partial charge in [-0.25, -0.2) is 9.78 Å². The highest BCUT2D eigenvalue weighted by atomic mass is 19.4. The second-order valence-electron chi connectivity index (χ2n) is 8.02. The van der Waals surface area contributed by atoms with Crippen molar-refractivity contribution in [3.8, 4) is 6.07 Å². The van der Waals surface area contributed by atoms with Crippen LogP contribution in [0.25, 0.3) is 11.1 Å². The molecule has 0 unspecified atom stereocenters. The number of carbonyl (C=O) groups excluding carboxylic acids is 1. The molecule has 0 fully saturated rings. The smallest absolute Gasteiger partial charge is 0.475 e. The van der Waals surface area contributed by atoms with E-state index in [4.69, 9.17) is 19.9 Å². The summed E-state index contributed by atoms with van der Waals surface area (Å²) in [6.07, 6.45) is 2.85. The molecular formula is C25H28F3N5O4. The van der Waals surface area contributed by atoms with Crippen LogP contribution in [0.2, 0.25) is 0 Å². The van der Waals surface area contributed by atoms with E-state index in [9.17, 15) is 18.0 Å². The summed E-state index contributed by atoms with van der Waals surface area (Å²) >= 11 is 0. The molecule has 12 heteroatoms. The highest BCUT2D eigenvalue weighted by Gasteiger charge is 2.38. The van der Waals surface area contributed by atoms with Crippen molar-refractivity contribution >= 4 is 28.7 Å². The molecule has 0 saturated heterocycles. The molecule has 4 N–H and O–H groups in total. The van der Waals surface area contributed by atoms with Crippen LogP contribution >= 0.6 is 0 Å². The molecule has 2 aromatic rings. The largest absolute Gasteiger partial charge is 0.490 e. The molecule has 0 radical (unpaired) electrons. The molecule has 3 rings (SSSR count). The molecule has 37 heavy (non-hydrogen) atoms.